The van der Waals surface area contributed by atoms with Crippen molar-refractivity contribution in [3.05, 3.63) is 64.9 Å². The zero-order valence-electron chi connectivity index (χ0n) is 12.9. The molecule has 3 heterocycles. The molecule has 4 rings (SSSR count). The highest BCUT2D eigenvalue weighted by molar-refractivity contribution is 5.72. The van der Waals surface area contributed by atoms with E-state index >= 15 is 0 Å². The number of oxazole rings is 1. The van der Waals surface area contributed by atoms with Crippen molar-refractivity contribution in [3.8, 4) is 0 Å². The SMILES string of the molecule is O=c1oc2ccccc2n1[C@H]1CCCN(Cc2ccncc2)C1. The van der Waals surface area contributed by atoms with E-state index in [4.69, 9.17) is 4.42 Å². The smallest absolute Gasteiger partial charge is 0.408 e. The molecule has 0 radical (unpaired) electrons. The van der Waals surface area contributed by atoms with Gasteiger partial charge in [-0.3, -0.25) is 14.5 Å². The Balaban J connectivity index is 1.59. The minimum atomic E-state index is -0.248. The molecule has 1 atom stereocenters. The van der Waals surface area contributed by atoms with E-state index in [1.807, 2.05) is 53.4 Å². The normalized spacial score (nSPS) is 19.2. The number of fused-ring (bicyclic) bond motifs is 1. The maximum absolute atomic E-state index is 12.3. The van der Waals surface area contributed by atoms with Gasteiger partial charge in [-0.1, -0.05) is 12.1 Å². The van der Waals surface area contributed by atoms with E-state index in [0.29, 0.717) is 5.58 Å². The lowest BCUT2D eigenvalue weighted by Crippen LogP contribution is -2.38. The lowest BCUT2D eigenvalue weighted by atomic mass is 10.0. The number of piperidine rings is 1. The van der Waals surface area contributed by atoms with E-state index in [1.54, 1.807) is 0 Å². The number of pyridine rings is 1. The Hall–Kier alpha value is -2.40. The standard InChI is InChI=1S/C18H19N3O2/c22-18-21(16-5-1-2-6-17(16)23-18)15-4-3-11-20(13-15)12-14-7-9-19-10-8-14/h1-2,5-10,15H,3-4,11-13H2/t15-/m0/s1. The fraction of sp³-hybridized carbons (Fsp3) is 0.333. The highest BCUT2D eigenvalue weighted by Crippen LogP contribution is 2.25. The minimum Gasteiger partial charge on any atom is -0.408 e. The van der Waals surface area contributed by atoms with Crippen molar-refractivity contribution in [2.24, 2.45) is 0 Å². The van der Waals surface area contributed by atoms with Gasteiger partial charge in [0.1, 0.15) is 0 Å². The number of likely N-dealkylation sites (tertiary alicyclic amines) is 1. The Labute approximate surface area is 134 Å². The average molecular weight is 309 g/mol. The molecule has 5 heteroatoms. The van der Waals surface area contributed by atoms with Gasteiger partial charge in [0.2, 0.25) is 0 Å². The Morgan fingerprint density at radius 3 is 2.87 bits per heavy atom. The van der Waals surface area contributed by atoms with Crippen LogP contribution in [0.25, 0.3) is 11.1 Å². The molecule has 0 amide bonds. The second-order valence-corrected chi connectivity index (χ2v) is 6.09. The third kappa shape index (κ3) is 2.80. The van der Waals surface area contributed by atoms with Gasteiger partial charge in [-0.15, -0.1) is 0 Å². The third-order valence-corrected chi connectivity index (χ3v) is 4.52. The highest BCUT2D eigenvalue weighted by atomic mass is 16.4. The number of rotatable bonds is 3. The van der Waals surface area contributed by atoms with Crippen molar-refractivity contribution in [3.63, 3.8) is 0 Å². The molecule has 1 aromatic carbocycles. The van der Waals surface area contributed by atoms with Crippen LogP contribution in [0.15, 0.2) is 58.0 Å². The molecular formula is C18H19N3O2. The van der Waals surface area contributed by atoms with Crippen LogP contribution in [0.5, 0.6) is 0 Å². The summed E-state index contributed by atoms with van der Waals surface area (Å²) in [4.78, 5) is 18.7. The molecule has 5 nitrogen and oxygen atoms in total. The zero-order chi connectivity index (χ0) is 15.6. The van der Waals surface area contributed by atoms with Crippen LogP contribution in [0.2, 0.25) is 0 Å². The van der Waals surface area contributed by atoms with Crippen LogP contribution in [0.1, 0.15) is 24.4 Å². The van der Waals surface area contributed by atoms with Gasteiger partial charge in [-0.2, -0.15) is 0 Å². The summed E-state index contributed by atoms with van der Waals surface area (Å²) in [7, 11) is 0. The summed E-state index contributed by atoms with van der Waals surface area (Å²) in [6.45, 7) is 2.82. The molecule has 0 N–H and O–H groups in total. The quantitative estimate of drug-likeness (QED) is 0.746. The molecule has 1 aliphatic heterocycles. The maximum Gasteiger partial charge on any atom is 0.420 e. The van der Waals surface area contributed by atoms with Crippen molar-refractivity contribution < 1.29 is 4.42 Å². The van der Waals surface area contributed by atoms with E-state index in [9.17, 15) is 4.79 Å². The number of aromatic nitrogens is 2. The molecule has 0 bridgehead atoms. The molecule has 23 heavy (non-hydrogen) atoms. The Morgan fingerprint density at radius 2 is 2.00 bits per heavy atom. The van der Waals surface area contributed by atoms with Crippen LogP contribution in [0.4, 0.5) is 0 Å². The molecule has 0 aliphatic carbocycles. The molecule has 2 aromatic heterocycles. The van der Waals surface area contributed by atoms with Crippen LogP contribution >= 0.6 is 0 Å². The fourth-order valence-electron chi connectivity index (χ4n) is 3.46. The third-order valence-electron chi connectivity index (χ3n) is 4.52. The molecular weight excluding hydrogens is 290 g/mol. The molecule has 1 fully saturated rings. The summed E-state index contributed by atoms with van der Waals surface area (Å²) in [5.41, 5.74) is 2.82. The Kier molecular flexibility index (Phi) is 3.71. The molecule has 3 aromatic rings. The summed E-state index contributed by atoms with van der Waals surface area (Å²) in [6.07, 6.45) is 5.74. The van der Waals surface area contributed by atoms with E-state index in [1.165, 1.54) is 5.56 Å². The predicted molar refractivity (Wildman–Crippen MR) is 88.3 cm³/mol. The summed E-state index contributed by atoms with van der Waals surface area (Å²) < 4.78 is 7.21. The van der Waals surface area contributed by atoms with Crippen LogP contribution in [-0.2, 0) is 6.54 Å². The summed E-state index contributed by atoms with van der Waals surface area (Å²) in [5.74, 6) is -0.248. The lowest BCUT2D eigenvalue weighted by Gasteiger charge is -2.33. The first-order chi connectivity index (χ1) is 11.3. The molecule has 0 unspecified atom stereocenters. The summed E-state index contributed by atoms with van der Waals surface area (Å²) >= 11 is 0. The van der Waals surface area contributed by atoms with Gasteiger partial charge in [0.15, 0.2) is 5.58 Å². The number of hydrogen-bond acceptors (Lipinski definition) is 4. The Morgan fingerprint density at radius 1 is 1.17 bits per heavy atom. The van der Waals surface area contributed by atoms with Gasteiger partial charge in [-0.25, -0.2) is 4.79 Å². The molecule has 0 saturated carbocycles. The van der Waals surface area contributed by atoms with E-state index in [0.717, 1.165) is 38.0 Å². The number of hydrogen-bond donors (Lipinski definition) is 0. The van der Waals surface area contributed by atoms with Crippen LogP contribution < -0.4 is 5.76 Å². The second-order valence-electron chi connectivity index (χ2n) is 6.09. The van der Waals surface area contributed by atoms with Gasteiger partial charge in [-0.05, 0) is 49.2 Å². The van der Waals surface area contributed by atoms with Crippen molar-refractivity contribution >= 4 is 11.1 Å². The van der Waals surface area contributed by atoms with Crippen molar-refractivity contribution in [1.82, 2.24) is 14.5 Å². The minimum absolute atomic E-state index is 0.168. The van der Waals surface area contributed by atoms with Gasteiger partial charge in [0, 0.05) is 25.5 Å². The van der Waals surface area contributed by atoms with Crippen LogP contribution in [0.3, 0.4) is 0 Å². The van der Waals surface area contributed by atoms with E-state index in [2.05, 4.69) is 9.88 Å². The Bertz CT molecular complexity index is 853. The van der Waals surface area contributed by atoms with Crippen molar-refractivity contribution in [1.29, 1.82) is 0 Å². The van der Waals surface area contributed by atoms with Crippen molar-refractivity contribution in [2.75, 3.05) is 13.1 Å². The van der Waals surface area contributed by atoms with Gasteiger partial charge < -0.3 is 4.42 Å². The number of nitrogens with zero attached hydrogens (tertiary/aromatic N) is 3. The number of para-hydroxylation sites is 2. The number of benzene rings is 1. The molecule has 1 saturated heterocycles. The topological polar surface area (TPSA) is 51.3 Å². The largest absolute Gasteiger partial charge is 0.420 e. The molecule has 1 aliphatic rings. The van der Waals surface area contributed by atoms with E-state index < -0.39 is 0 Å². The second kappa shape index (κ2) is 6.01. The van der Waals surface area contributed by atoms with Gasteiger partial charge >= 0.3 is 5.76 Å². The van der Waals surface area contributed by atoms with Crippen LogP contribution in [0, 0.1) is 0 Å². The summed E-state index contributed by atoms with van der Waals surface area (Å²) in [6, 6.07) is 11.9. The maximum atomic E-state index is 12.3. The fourth-order valence-corrected chi connectivity index (χ4v) is 3.46. The van der Waals surface area contributed by atoms with Gasteiger partial charge in [0.05, 0.1) is 11.6 Å². The highest BCUT2D eigenvalue weighted by Gasteiger charge is 2.25. The first kappa shape index (κ1) is 14.2. The monoisotopic (exact) mass is 309 g/mol. The molecule has 0 spiro atoms. The van der Waals surface area contributed by atoms with E-state index in [-0.39, 0.29) is 11.8 Å². The molecule has 118 valence electrons. The average Bonchev–Trinajstić information content (AvgIpc) is 2.92. The zero-order valence-corrected chi connectivity index (χ0v) is 12.9. The van der Waals surface area contributed by atoms with Crippen molar-refractivity contribution in [2.45, 2.75) is 25.4 Å². The van der Waals surface area contributed by atoms with Crippen LogP contribution in [-0.4, -0.2) is 27.5 Å². The van der Waals surface area contributed by atoms with Gasteiger partial charge in [0.25, 0.3) is 0 Å². The first-order valence-corrected chi connectivity index (χ1v) is 8.02. The lowest BCUT2D eigenvalue weighted by molar-refractivity contribution is 0.168. The first-order valence-electron chi connectivity index (χ1n) is 8.02. The summed E-state index contributed by atoms with van der Waals surface area (Å²) in [5, 5.41) is 0. The predicted octanol–water partition coefficient (Wildman–Crippen LogP) is 2.83.